The highest BCUT2D eigenvalue weighted by Crippen LogP contribution is 2.36. The number of likely N-dealkylation sites (N-methyl/N-ethyl adjacent to an activating group) is 1. The zero-order chi connectivity index (χ0) is 22.8. The summed E-state index contributed by atoms with van der Waals surface area (Å²) in [5.74, 6) is -1.07. The van der Waals surface area contributed by atoms with Crippen molar-refractivity contribution in [1.29, 1.82) is 0 Å². The number of fused-ring (bicyclic) bond motifs is 1. The highest BCUT2D eigenvalue weighted by Gasteiger charge is 2.32. The van der Waals surface area contributed by atoms with E-state index in [9.17, 15) is 9.59 Å². The summed E-state index contributed by atoms with van der Waals surface area (Å²) in [6.07, 6.45) is 3.81. The Balaban J connectivity index is 1.74. The lowest BCUT2D eigenvalue weighted by Gasteiger charge is -2.12. The van der Waals surface area contributed by atoms with Crippen molar-refractivity contribution in [2.45, 2.75) is 20.4 Å². The van der Waals surface area contributed by atoms with E-state index in [1.165, 1.54) is 23.9 Å². The average Bonchev–Trinajstić information content (AvgIpc) is 3.23. The Bertz CT molecular complexity index is 1290. The van der Waals surface area contributed by atoms with Crippen LogP contribution in [0.25, 0.3) is 17.0 Å². The van der Waals surface area contributed by atoms with Crippen LogP contribution in [0, 0.1) is 6.92 Å². The lowest BCUT2D eigenvalue weighted by molar-refractivity contribution is -0.122. The summed E-state index contributed by atoms with van der Waals surface area (Å²) in [7, 11) is 0. The standard InChI is InChI=1S/C25H23N3O3S/c1-4-14-28-16(3)20(19-8-6-7-9-21(19)28)15-22-23(29)27(5-2)25(32-22)26-18-12-10-17(11-13-18)24(30)31/h4,6-13,15H,1,5,14H2,2-3H3,(H,30,31)/b22-15-,26-25?. The third kappa shape index (κ3) is 3.87. The lowest BCUT2D eigenvalue weighted by atomic mass is 10.1. The second kappa shape index (κ2) is 8.88. The molecule has 0 unspecified atom stereocenters. The second-order valence-corrected chi connectivity index (χ2v) is 8.33. The summed E-state index contributed by atoms with van der Waals surface area (Å²) >= 11 is 1.33. The molecule has 1 aliphatic heterocycles. The van der Waals surface area contributed by atoms with E-state index in [1.54, 1.807) is 17.0 Å². The minimum absolute atomic E-state index is 0.0849. The van der Waals surface area contributed by atoms with Crippen LogP contribution < -0.4 is 0 Å². The predicted molar refractivity (Wildman–Crippen MR) is 130 cm³/mol. The molecular formula is C25H23N3O3S. The predicted octanol–water partition coefficient (Wildman–Crippen LogP) is 5.46. The van der Waals surface area contributed by atoms with Crippen LogP contribution in [0.15, 0.2) is 71.1 Å². The highest BCUT2D eigenvalue weighted by molar-refractivity contribution is 8.18. The van der Waals surface area contributed by atoms with Crippen LogP contribution in [0.5, 0.6) is 0 Å². The third-order valence-electron chi connectivity index (χ3n) is 5.41. The van der Waals surface area contributed by atoms with Gasteiger partial charge in [-0.1, -0.05) is 24.3 Å². The van der Waals surface area contributed by atoms with Gasteiger partial charge in [-0.05, 0) is 62.0 Å². The number of carboxylic acid groups (broad SMARTS) is 1. The van der Waals surface area contributed by atoms with Crippen molar-refractivity contribution < 1.29 is 14.7 Å². The third-order valence-corrected chi connectivity index (χ3v) is 6.42. The van der Waals surface area contributed by atoms with Gasteiger partial charge in [-0.2, -0.15) is 0 Å². The highest BCUT2D eigenvalue weighted by atomic mass is 32.2. The number of aromatic nitrogens is 1. The molecule has 2 aromatic carbocycles. The van der Waals surface area contributed by atoms with Gasteiger partial charge in [0.1, 0.15) is 0 Å². The molecule has 4 rings (SSSR count). The number of hydrogen-bond donors (Lipinski definition) is 1. The van der Waals surface area contributed by atoms with E-state index in [4.69, 9.17) is 5.11 Å². The van der Waals surface area contributed by atoms with Gasteiger partial charge in [0.15, 0.2) is 5.17 Å². The summed E-state index contributed by atoms with van der Waals surface area (Å²) in [5.41, 5.74) is 3.99. The van der Waals surface area contributed by atoms with Crippen molar-refractivity contribution in [2.75, 3.05) is 6.54 Å². The molecule has 0 radical (unpaired) electrons. The number of aromatic carboxylic acids is 1. The first-order chi connectivity index (χ1) is 15.4. The van der Waals surface area contributed by atoms with Gasteiger partial charge < -0.3 is 9.67 Å². The molecule has 1 saturated heterocycles. The molecule has 3 aromatic rings. The molecule has 1 amide bonds. The molecule has 0 spiro atoms. The number of amidine groups is 1. The fourth-order valence-electron chi connectivity index (χ4n) is 3.79. The van der Waals surface area contributed by atoms with Gasteiger partial charge >= 0.3 is 5.97 Å². The van der Waals surface area contributed by atoms with Crippen LogP contribution in [0.1, 0.15) is 28.5 Å². The van der Waals surface area contributed by atoms with Gasteiger partial charge in [-0.3, -0.25) is 9.69 Å². The van der Waals surface area contributed by atoms with Crippen LogP contribution in [-0.4, -0.2) is 38.2 Å². The molecule has 162 valence electrons. The quantitative estimate of drug-likeness (QED) is 0.404. The maximum Gasteiger partial charge on any atom is 0.335 e. The van der Waals surface area contributed by atoms with E-state index in [-0.39, 0.29) is 11.5 Å². The Kier molecular flexibility index (Phi) is 6.01. The normalized spacial score (nSPS) is 16.4. The summed E-state index contributed by atoms with van der Waals surface area (Å²) < 4.78 is 2.19. The van der Waals surface area contributed by atoms with Gasteiger partial charge in [-0.15, -0.1) is 6.58 Å². The van der Waals surface area contributed by atoms with Crippen molar-refractivity contribution in [3.8, 4) is 0 Å². The first-order valence-corrected chi connectivity index (χ1v) is 11.1. The number of thioether (sulfide) groups is 1. The molecule has 0 saturated carbocycles. The Morgan fingerprint density at radius 1 is 1.19 bits per heavy atom. The Morgan fingerprint density at radius 2 is 1.91 bits per heavy atom. The molecule has 32 heavy (non-hydrogen) atoms. The van der Waals surface area contributed by atoms with Crippen molar-refractivity contribution in [2.24, 2.45) is 4.99 Å². The number of carbonyl (C=O) groups is 2. The molecular weight excluding hydrogens is 422 g/mol. The number of aliphatic imine (C=N–C) groups is 1. The number of carbonyl (C=O) groups excluding carboxylic acids is 1. The topological polar surface area (TPSA) is 74.9 Å². The number of carboxylic acids is 1. The van der Waals surface area contributed by atoms with E-state index in [0.717, 1.165) is 22.2 Å². The molecule has 0 aliphatic carbocycles. The van der Waals surface area contributed by atoms with Gasteiger partial charge in [0.2, 0.25) is 0 Å². The molecule has 0 bridgehead atoms. The zero-order valence-electron chi connectivity index (χ0n) is 17.9. The van der Waals surface area contributed by atoms with Crippen molar-refractivity contribution in [3.05, 3.63) is 82.9 Å². The first kappa shape index (κ1) is 21.6. The number of amides is 1. The molecule has 1 N–H and O–H groups in total. The molecule has 0 atom stereocenters. The zero-order valence-corrected chi connectivity index (χ0v) is 18.7. The van der Waals surface area contributed by atoms with Crippen LogP contribution in [-0.2, 0) is 11.3 Å². The Morgan fingerprint density at radius 3 is 2.56 bits per heavy atom. The van der Waals surface area contributed by atoms with Crippen molar-refractivity contribution in [3.63, 3.8) is 0 Å². The minimum atomic E-state index is -0.985. The van der Waals surface area contributed by atoms with Crippen molar-refractivity contribution >= 4 is 51.5 Å². The van der Waals surface area contributed by atoms with Gasteiger partial charge in [-0.25, -0.2) is 9.79 Å². The summed E-state index contributed by atoms with van der Waals surface area (Å²) in [4.78, 5) is 31.0. The van der Waals surface area contributed by atoms with Crippen molar-refractivity contribution in [1.82, 2.24) is 9.47 Å². The number of nitrogens with zero attached hydrogens (tertiary/aromatic N) is 3. The maximum absolute atomic E-state index is 13.1. The first-order valence-electron chi connectivity index (χ1n) is 10.3. The summed E-state index contributed by atoms with van der Waals surface area (Å²) in [6.45, 7) is 9.01. The smallest absolute Gasteiger partial charge is 0.335 e. The van der Waals surface area contributed by atoms with E-state index >= 15 is 0 Å². The Labute approximate surface area is 190 Å². The number of hydrogen-bond acceptors (Lipinski definition) is 4. The minimum Gasteiger partial charge on any atom is -0.478 e. The van der Waals surface area contributed by atoms with E-state index < -0.39 is 5.97 Å². The number of benzene rings is 2. The van der Waals surface area contributed by atoms with E-state index in [0.29, 0.717) is 28.8 Å². The van der Waals surface area contributed by atoms with Gasteiger partial charge in [0, 0.05) is 35.2 Å². The fourth-order valence-corrected chi connectivity index (χ4v) is 4.84. The van der Waals surface area contributed by atoms with Crippen LogP contribution >= 0.6 is 11.8 Å². The molecule has 7 heteroatoms. The maximum atomic E-state index is 13.1. The fraction of sp³-hybridized carbons (Fsp3) is 0.160. The molecule has 1 fully saturated rings. The number of allylic oxidation sites excluding steroid dienone is 1. The lowest BCUT2D eigenvalue weighted by Crippen LogP contribution is -2.28. The monoisotopic (exact) mass is 445 g/mol. The number of rotatable bonds is 6. The van der Waals surface area contributed by atoms with E-state index in [2.05, 4.69) is 35.2 Å². The molecule has 1 aromatic heterocycles. The average molecular weight is 446 g/mol. The van der Waals surface area contributed by atoms with Crippen LogP contribution in [0.3, 0.4) is 0 Å². The van der Waals surface area contributed by atoms with Gasteiger partial charge in [0.25, 0.3) is 5.91 Å². The van der Waals surface area contributed by atoms with E-state index in [1.807, 2.05) is 31.2 Å². The molecule has 1 aliphatic rings. The van der Waals surface area contributed by atoms with Gasteiger partial charge in [0.05, 0.1) is 16.2 Å². The van der Waals surface area contributed by atoms with Crippen LogP contribution in [0.2, 0.25) is 0 Å². The second-order valence-electron chi connectivity index (χ2n) is 7.32. The van der Waals surface area contributed by atoms with Crippen LogP contribution in [0.4, 0.5) is 5.69 Å². The largest absolute Gasteiger partial charge is 0.478 e. The molecule has 2 heterocycles. The Hall–Kier alpha value is -3.58. The number of para-hydroxylation sites is 1. The SMILES string of the molecule is C=CCn1c(C)c(/C=C2\SC(=Nc3ccc(C(=O)O)cc3)N(CC)C2=O)c2ccccc21. The molecule has 6 nitrogen and oxygen atoms in total. The summed E-state index contributed by atoms with van der Waals surface area (Å²) in [6, 6.07) is 14.4. The summed E-state index contributed by atoms with van der Waals surface area (Å²) in [5, 5.41) is 10.7.